The third kappa shape index (κ3) is 1.74. The molecule has 5 aromatic carbocycles. The molecule has 0 aliphatic heterocycles. The van der Waals surface area contributed by atoms with Crippen molar-refractivity contribution in [3.8, 4) is 0 Å². The summed E-state index contributed by atoms with van der Waals surface area (Å²) < 4.78 is 15.1. The molecular formula is C30H15NO2. The molecule has 0 bridgehead atoms. The molecule has 0 aliphatic carbocycles. The number of para-hydroxylation sites is 3. The summed E-state index contributed by atoms with van der Waals surface area (Å²) in [6.45, 7) is 0. The summed E-state index contributed by atoms with van der Waals surface area (Å²) in [5.41, 5.74) is 7.37. The third-order valence-electron chi connectivity index (χ3n) is 7.31. The number of nitrogens with zero attached hydrogens (tertiary/aromatic N) is 1. The first-order valence-electron chi connectivity index (χ1n) is 11.2. The van der Waals surface area contributed by atoms with Crippen LogP contribution in [0.25, 0.3) is 82.0 Å². The lowest BCUT2D eigenvalue weighted by Crippen LogP contribution is -1.79. The molecule has 4 aromatic heterocycles. The SMILES string of the molecule is c1ccc2c(c1)oc1ccc3c(c4cc5oc6ccccc6c5c5c6ccccc6n3c45)c12. The molecule has 0 N–H and O–H groups in total. The van der Waals surface area contributed by atoms with Gasteiger partial charge in [0.1, 0.15) is 22.3 Å². The van der Waals surface area contributed by atoms with E-state index in [2.05, 4.69) is 77.2 Å². The molecule has 9 aromatic rings. The van der Waals surface area contributed by atoms with E-state index in [1.54, 1.807) is 0 Å². The Morgan fingerprint density at radius 2 is 1.06 bits per heavy atom. The van der Waals surface area contributed by atoms with E-state index in [0.717, 1.165) is 33.1 Å². The lowest BCUT2D eigenvalue weighted by molar-refractivity contribution is 0.669. The quantitative estimate of drug-likeness (QED) is 0.245. The largest absolute Gasteiger partial charge is 0.456 e. The summed E-state index contributed by atoms with van der Waals surface area (Å²) in [6.07, 6.45) is 0. The Morgan fingerprint density at radius 1 is 0.424 bits per heavy atom. The predicted molar refractivity (Wildman–Crippen MR) is 136 cm³/mol. The highest BCUT2D eigenvalue weighted by molar-refractivity contribution is 6.38. The highest BCUT2D eigenvalue weighted by atomic mass is 16.3. The van der Waals surface area contributed by atoms with Crippen molar-refractivity contribution in [1.29, 1.82) is 0 Å². The van der Waals surface area contributed by atoms with E-state index in [1.165, 1.54) is 48.9 Å². The highest BCUT2D eigenvalue weighted by Gasteiger charge is 2.24. The van der Waals surface area contributed by atoms with Crippen LogP contribution in [0.2, 0.25) is 0 Å². The topological polar surface area (TPSA) is 30.7 Å². The number of furan rings is 2. The maximum atomic E-state index is 6.41. The van der Waals surface area contributed by atoms with Crippen molar-refractivity contribution >= 4 is 82.0 Å². The van der Waals surface area contributed by atoms with Crippen LogP contribution in [0.5, 0.6) is 0 Å². The molecule has 33 heavy (non-hydrogen) atoms. The van der Waals surface area contributed by atoms with E-state index >= 15 is 0 Å². The van der Waals surface area contributed by atoms with Gasteiger partial charge in [-0.15, -0.1) is 0 Å². The molecule has 0 saturated carbocycles. The molecule has 4 heterocycles. The summed E-state index contributed by atoms with van der Waals surface area (Å²) in [7, 11) is 0. The molecule has 0 saturated heterocycles. The summed E-state index contributed by atoms with van der Waals surface area (Å²) >= 11 is 0. The number of fused-ring (bicyclic) bond motifs is 14. The molecule has 0 aliphatic rings. The fourth-order valence-corrected chi connectivity index (χ4v) is 6.08. The molecule has 0 atom stereocenters. The minimum Gasteiger partial charge on any atom is -0.456 e. The van der Waals surface area contributed by atoms with E-state index in [9.17, 15) is 0 Å². The Morgan fingerprint density at radius 3 is 1.85 bits per heavy atom. The molecule has 0 spiro atoms. The van der Waals surface area contributed by atoms with Gasteiger partial charge in [0.25, 0.3) is 0 Å². The van der Waals surface area contributed by atoms with Crippen LogP contribution < -0.4 is 0 Å². The normalized spacial score (nSPS) is 12.8. The van der Waals surface area contributed by atoms with E-state index in [-0.39, 0.29) is 0 Å². The average Bonchev–Trinajstić information content (AvgIpc) is 3.58. The Kier molecular flexibility index (Phi) is 2.59. The first-order valence-corrected chi connectivity index (χ1v) is 11.2. The lowest BCUT2D eigenvalue weighted by Gasteiger charge is -2.00. The van der Waals surface area contributed by atoms with Crippen molar-refractivity contribution in [3.63, 3.8) is 0 Å². The fourth-order valence-electron chi connectivity index (χ4n) is 6.08. The Labute approximate surface area is 186 Å². The zero-order valence-corrected chi connectivity index (χ0v) is 17.4. The maximum absolute atomic E-state index is 6.41. The van der Waals surface area contributed by atoms with Gasteiger partial charge in [0.2, 0.25) is 0 Å². The van der Waals surface area contributed by atoms with Gasteiger partial charge in [-0.05, 0) is 36.4 Å². The van der Waals surface area contributed by atoms with Crippen molar-refractivity contribution in [2.45, 2.75) is 0 Å². The smallest absolute Gasteiger partial charge is 0.136 e. The van der Waals surface area contributed by atoms with Crippen molar-refractivity contribution in [1.82, 2.24) is 4.40 Å². The summed E-state index contributed by atoms with van der Waals surface area (Å²) in [5.74, 6) is 0. The average molecular weight is 421 g/mol. The first-order chi connectivity index (χ1) is 16.4. The van der Waals surface area contributed by atoms with Gasteiger partial charge in [0.05, 0.1) is 16.6 Å². The number of hydrogen-bond donors (Lipinski definition) is 0. The zero-order valence-electron chi connectivity index (χ0n) is 17.4. The van der Waals surface area contributed by atoms with Crippen molar-refractivity contribution < 1.29 is 8.83 Å². The van der Waals surface area contributed by atoms with Crippen LogP contribution in [0, 0.1) is 0 Å². The van der Waals surface area contributed by atoms with Gasteiger partial charge in [0.15, 0.2) is 0 Å². The van der Waals surface area contributed by atoms with Gasteiger partial charge in [-0.1, -0.05) is 54.6 Å². The van der Waals surface area contributed by atoms with Crippen molar-refractivity contribution in [2.75, 3.05) is 0 Å². The zero-order chi connectivity index (χ0) is 21.3. The fraction of sp³-hybridized carbons (Fsp3) is 0. The molecule has 3 heteroatoms. The van der Waals surface area contributed by atoms with Gasteiger partial charge >= 0.3 is 0 Å². The van der Waals surface area contributed by atoms with Gasteiger partial charge in [-0.25, -0.2) is 0 Å². The van der Waals surface area contributed by atoms with Crippen LogP contribution in [0.15, 0.2) is 99.8 Å². The second-order valence-corrected chi connectivity index (χ2v) is 8.90. The lowest BCUT2D eigenvalue weighted by atomic mass is 10.00. The van der Waals surface area contributed by atoms with Gasteiger partial charge in [0, 0.05) is 43.1 Å². The summed E-state index contributed by atoms with van der Waals surface area (Å²) in [6, 6.07) is 31.9. The van der Waals surface area contributed by atoms with E-state index in [1.807, 2.05) is 18.2 Å². The number of benzene rings is 5. The first kappa shape index (κ1) is 16.2. The van der Waals surface area contributed by atoms with Crippen LogP contribution in [0.4, 0.5) is 0 Å². The minimum atomic E-state index is 0.919. The molecule has 152 valence electrons. The third-order valence-corrected chi connectivity index (χ3v) is 7.31. The molecular weight excluding hydrogens is 406 g/mol. The van der Waals surface area contributed by atoms with Gasteiger partial charge < -0.3 is 13.2 Å². The van der Waals surface area contributed by atoms with Crippen LogP contribution >= 0.6 is 0 Å². The maximum Gasteiger partial charge on any atom is 0.136 e. The molecule has 0 amide bonds. The number of rotatable bonds is 0. The van der Waals surface area contributed by atoms with Crippen LogP contribution in [-0.4, -0.2) is 4.40 Å². The molecule has 9 rings (SSSR count). The molecule has 0 fully saturated rings. The summed E-state index contributed by atoms with van der Waals surface area (Å²) in [5, 5.41) is 9.64. The minimum absolute atomic E-state index is 0.919. The molecule has 0 radical (unpaired) electrons. The summed E-state index contributed by atoms with van der Waals surface area (Å²) in [4.78, 5) is 0. The van der Waals surface area contributed by atoms with Crippen molar-refractivity contribution in [3.05, 3.63) is 91.0 Å². The predicted octanol–water partition coefficient (Wildman–Crippen LogP) is 8.64. The van der Waals surface area contributed by atoms with Crippen LogP contribution in [0.3, 0.4) is 0 Å². The van der Waals surface area contributed by atoms with E-state index in [0.29, 0.717) is 0 Å². The Hall–Kier alpha value is -4.50. The van der Waals surface area contributed by atoms with Crippen LogP contribution in [0.1, 0.15) is 0 Å². The van der Waals surface area contributed by atoms with Crippen molar-refractivity contribution in [2.24, 2.45) is 0 Å². The van der Waals surface area contributed by atoms with Gasteiger partial charge in [-0.2, -0.15) is 0 Å². The monoisotopic (exact) mass is 421 g/mol. The Bertz CT molecular complexity index is 2240. The standard InChI is InChI=1S/C30H15NO2/c1-4-10-20-16(7-1)29-28-18-9-3-6-12-23(18)33-25(28)15-19-26-21(31(20)30(19)29)13-14-24-27(26)17-8-2-5-11-22(17)32-24/h1-15H. The Balaban J connectivity index is 1.70. The molecule has 0 unspecified atom stereocenters. The van der Waals surface area contributed by atoms with E-state index in [4.69, 9.17) is 8.83 Å². The number of aromatic nitrogens is 1. The second kappa shape index (κ2) is 5.28. The number of hydrogen-bond acceptors (Lipinski definition) is 2. The molecule has 3 nitrogen and oxygen atoms in total. The van der Waals surface area contributed by atoms with Gasteiger partial charge in [-0.3, -0.25) is 0 Å². The second-order valence-electron chi connectivity index (χ2n) is 8.90. The van der Waals surface area contributed by atoms with E-state index < -0.39 is 0 Å². The van der Waals surface area contributed by atoms with Crippen LogP contribution in [-0.2, 0) is 0 Å². The highest BCUT2D eigenvalue weighted by Crippen LogP contribution is 2.48.